The number of nitrogens with zero attached hydrogens (tertiary/aromatic N) is 1. The lowest BCUT2D eigenvalue weighted by Gasteiger charge is -2.15. The van der Waals surface area contributed by atoms with Crippen molar-refractivity contribution in [2.45, 2.75) is 27.2 Å². The van der Waals surface area contributed by atoms with Crippen LogP contribution in [0.2, 0.25) is 0 Å². The normalized spacial score (nSPS) is 15.8. The summed E-state index contributed by atoms with van der Waals surface area (Å²) in [6.45, 7) is 3.30. The van der Waals surface area contributed by atoms with E-state index in [9.17, 15) is 4.79 Å². The lowest BCUT2D eigenvalue weighted by molar-refractivity contribution is -0.127. The van der Waals surface area contributed by atoms with Crippen molar-refractivity contribution in [1.29, 1.82) is 0 Å². The molecule has 1 amide bonds. The summed E-state index contributed by atoms with van der Waals surface area (Å²) in [6.07, 6.45) is 0.720. The van der Waals surface area contributed by atoms with Gasteiger partial charge in [0.05, 0.1) is 0 Å². The van der Waals surface area contributed by atoms with Gasteiger partial charge in [-0.25, -0.2) is 0 Å². The van der Waals surface area contributed by atoms with Crippen molar-refractivity contribution in [3.8, 4) is 0 Å². The van der Waals surface area contributed by atoms with E-state index in [1.54, 1.807) is 0 Å². The summed E-state index contributed by atoms with van der Waals surface area (Å²) in [7, 11) is 0. The van der Waals surface area contributed by atoms with Gasteiger partial charge in [-0.1, -0.05) is 13.8 Å². The van der Waals surface area contributed by atoms with Crippen molar-refractivity contribution >= 4 is 5.91 Å². The third-order valence-corrected chi connectivity index (χ3v) is 1.31. The van der Waals surface area contributed by atoms with E-state index in [1.165, 1.54) is 6.92 Å². The average Bonchev–Trinajstić information content (AvgIpc) is 1.81. The van der Waals surface area contributed by atoms with Crippen LogP contribution in [0.25, 0.3) is 0 Å². The molecule has 2 nitrogen and oxygen atoms in total. The molecule has 0 rings (SSSR count). The summed E-state index contributed by atoms with van der Waals surface area (Å²) < 4.78 is 21.3. The summed E-state index contributed by atoms with van der Waals surface area (Å²) in [6, 6.07) is 0. The maximum Gasteiger partial charge on any atom is 0.219 e. The van der Waals surface area contributed by atoms with Gasteiger partial charge in [-0.15, -0.1) is 0 Å². The minimum Gasteiger partial charge on any atom is -0.346 e. The van der Waals surface area contributed by atoms with Gasteiger partial charge in [0.1, 0.15) is 0 Å². The Morgan fingerprint density at radius 2 is 2.30 bits per heavy atom. The van der Waals surface area contributed by atoms with E-state index in [0.29, 0.717) is 12.5 Å². The zero-order valence-corrected chi connectivity index (χ0v) is 6.85. The highest BCUT2D eigenvalue weighted by Gasteiger charge is 2.01. The first-order chi connectivity index (χ1) is 5.75. The van der Waals surface area contributed by atoms with E-state index in [4.69, 9.17) is 4.11 Å². The maximum atomic E-state index is 11.0. The summed E-state index contributed by atoms with van der Waals surface area (Å²) in [5, 5.41) is 0. The molecule has 0 fully saturated rings. The third kappa shape index (κ3) is 4.36. The van der Waals surface area contributed by atoms with Crippen LogP contribution in [0.1, 0.15) is 31.3 Å². The zero-order valence-electron chi connectivity index (χ0n) is 9.85. The van der Waals surface area contributed by atoms with E-state index in [0.717, 1.165) is 11.3 Å². The molecule has 0 unspecified atom stereocenters. The predicted octanol–water partition coefficient (Wildman–Crippen LogP) is 1.51. The van der Waals surface area contributed by atoms with E-state index in [-0.39, 0.29) is 5.91 Å². The fourth-order valence-electron chi connectivity index (χ4n) is 0.545. The Hall–Kier alpha value is -0.530. The molecule has 0 saturated heterocycles. The fraction of sp³-hybridized carbons (Fsp3) is 0.875. The van der Waals surface area contributed by atoms with Crippen molar-refractivity contribution in [2.24, 2.45) is 5.92 Å². The average molecular weight is 146 g/mol. The Labute approximate surface area is 67.4 Å². The highest BCUT2D eigenvalue weighted by molar-refractivity contribution is 5.72. The zero-order chi connectivity index (χ0) is 10.6. The molecular formula is C8H17NO. The molecule has 60 valence electrons. The number of hydrogen-bond acceptors (Lipinski definition) is 1. The summed E-state index contributed by atoms with van der Waals surface area (Å²) in [5.41, 5.74) is 0. The van der Waals surface area contributed by atoms with Crippen molar-refractivity contribution in [3.05, 3.63) is 0 Å². The molecule has 0 spiro atoms. The molecule has 0 aromatic heterocycles. The molecule has 0 N–H and O–H groups in total. The van der Waals surface area contributed by atoms with Crippen molar-refractivity contribution in [2.75, 3.05) is 13.5 Å². The van der Waals surface area contributed by atoms with Gasteiger partial charge in [0, 0.05) is 24.6 Å². The first-order valence-electron chi connectivity index (χ1n) is 5.03. The molecule has 10 heavy (non-hydrogen) atoms. The van der Waals surface area contributed by atoms with E-state index in [1.807, 2.05) is 13.8 Å². The molecule has 0 aliphatic rings. The Balaban J connectivity index is 4.20. The molecule has 0 saturated carbocycles. The van der Waals surface area contributed by atoms with Gasteiger partial charge < -0.3 is 4.90 Å². The SMILES string of the molecule is [2H]C([2H])([2H])N(CCC(C)C)C(C)=O. The fourth-order valence-corrected chi connectivity index (χ4v) is 0.545. The summed E-state index contributed by atoms with van der Waals surface area (Å²) in [5.74, 6) is 0.0184. The smallest absolute Gasteiger partial charge is 0.219 e. The van der Waals surface area contributed by atoms with Crippen LogP contribution in [0.5, 0.6) is 0 Å². The number of carbonyl (C=O) groups is 1. The molecule has 2 heteroatoms. The first-order valence-corrected chi connectivity index (χ1v) is 3.53. The maximum absolute atomic E-state index is 11.0. The second-order valence-electron chi connectivity index (χ2n) is 2.85. The van der Waals surface area contributed by atoms with Gasteiger partial charge in [-0.2, -0.15) is 0 Å². The summed E-state index contributed by atoms with van der Waals surface area (Å²) >= 11 is 0. The topological polar surface area (TPSA) is 20.3 Å². The van der Waals surface area contributed by atoms with Crippen LogP contribution in [0.4, 0.5) is 0 Å². The third-order valence-electron chi connectivity index (χ3n) is 1.31. The molecule has 0 atom stereocenters. The Morgan fingerprint density at radius 1 is 1.70 bits per heavy atom. The molecule has 0 heterocycles. The molecule has 0 bridgehead atoms. The van der Waals surface area contributed by atoms with Crippen LogP contribution in [0, 0.1) is 5.92 Å². The highest BCUT2D eigenvalue weighted by atomic mass is 16.2. The van der Waals surface area contributed by atoms with Gasteiger partial charge >= 0.3 is 0 Å². The molecule has 0 aromatic rings. The van der Waals surface area contributed by atoms with Crippen molar-refractivity contribution in [3.63, 3.8) is 0 Å². The standard InChI is InChI=1S/C8H17NO/c1-7(2)5-6-9(4)8(3)10/h7H,5-6H2,1-4H3/i4D3. The number of amides is 1. The number of carbonyl (C=O) groups excluding carboxylic acids is 1. The molecule has 0 radical (unpaired) electrons. The van der Waals surface area contributed by atoms with Crippen LogP contribution in [-0.2, 0) is 4.79 Å². The highest BCUT2D eigenvalue weighted by Crippen LogP contribution is 1.99. The Kier molecular flexibility index (Phi) is 2.23. The molecule has 0 aromatic carbocycles. The molecule has 0 aliphatic carbocycles. The first kappa shape index (κ1) is 5.16. The minimum absolute atomic E-state index is 0.309. The van der Waals surface area contributed by atoms with Gasteiger partial charge in [0.25, 0.3) is 0 Å². The predicted molar refractivity (Wildman–Crippen MR) is 42.8 cm³/mol. The number of rotatable bonds is 3. The van der Waals surface area contributed by atoms with Crippen LogP contribution in [0.15, 0.2) is 0 Å². The van der Waals surface area contributed by atoms with Gasteiger partial charge in [-0.3, -0.25) is 4.79 Å². The molecule has 0 aliphatic heterocycles. The largest absolute Gasteiger partial charge is 0.346 e. The van der Waals surface area contributed by atoms with E-state index in [2.05, 4.69) is 0 Å². The minimum atomic E-state index is -2.29. The molecular weight excluding hydrogens is 126 g/mol. The monoisotopic (exact) mass is 146 g/mol. The van der Waals surface area contributed by atoms with Crippen LogP contribution in [0.3, 0.4) is 0 Å². The van der Waals surface area contributed by atoms with E-state index >= 15 is 0 Å². The van der Waals surface area contributed by atoms with Gasteiger partial charge in [0.2, 0.25) is 5.91 Å². The van der Waals surface area contributed by atoms with E-state index < -0.39 is 6.98 Å². The Morgan fingerprint density at radius 3 is 2.60 bits per heavy atom. The quantitative estimate of drug-likeness (QED) is 0.591. The lowest BCUT2D eigenvalue weighted by Crippen LogP contribution is -2.25. The number of hydrogen-bond donors (Lipinski definition) is 0. The summed E-state index contributed by atoms with van der Waals surface area (Å²) in [4.78, 5) is 11.9. The van der Waals surface area contributed by atoms with Gasteiger partial charge in [0.15, 0.2) is 0 Å². The Bertz CT molecular complexity index is 177. The second-order valence-corrected chi connectivity index (χ2v) is 2.85. The lowest BCUT2D eigenvalue weighted by atomic mass is 10.1. The van der Waals surface area contributed by atoms with Crippen LogP contribution < -0.4 is 0 Å². The van der Waals surface area contributed by atoms with Gasteiger partial charge in [-0.05, 0) is 12.3 Å². The van der Waals surface area contributed by atoms with Crippen LogP contribution in [-0.4, -0.2) is 24.3 Å². The second kappa shape index (κ2) is 4.31. The van der Waals surface area contributed by atoms with Crippen LogP contribution >= 0.6 is 0 Å². The van der Waals surface area contributed by atoms with Crippen molar-refractivity contribution < 1.29 is 8.91 Å². The van der Waals surface area contributed by atoms with Crippen molar-refractivity contribution in [1.82, 2.24) is 4.90 Å².